The van der Waals surface area contributed by atoms with Gasteiger partial charge in [0, 0.05) is 42.7 Å². The molecule has 7 nitrogen and oxygen atoms in total. The van der Waals surface area contributed by atoms with Gasteiger partial charge in [-0.05, 0) is 80.3 Å². The van der Waals surface area contributed by atoms with Crippen LogP contribution in [0.15, 0.2) is 41.8 Å². The minimum absolute atomic E-state index is 0.120. The number of rotatable bonds is 7. The van der Waals surface area contributed by atoms with E-state index in [0.29, 0.717) is 6.61 Å². The summed E-state index contributed by atoms with van der Waals surface area (Å²) in [6.07, 6.45) is 3.37. The molecule has 3 heterocycles. The standard InChI is InChI=1S/C30H33N3O4S/c1-18-6-9-26(37-16-21-8-7-20(13-19(21)2)28(34)32-10-4-3-5-11-32)22(12-18)25-17-38-30(31-25)33-14-23-24(15-33)27(23)29(35)36/h6-9,12-13,17,23-24,27H,3-5,10-11,14-16H2,1-2H3,(H,35,36). The number of nitrogens with zero attached hydrogens (tertiary/aromatic N) is 3. The first-order valence-corrected chi connectivity index (χ1v) is 14.3. The van der Waals surface area contributed by atoms with Crippen LogP contribution >= 0.6 is 11.3 Å². The monoisotopic (exact) mass is 531 g/mol. The zero-order chi connectivity index (χ0) is 26.4. The Morgan fingerprint density at radius 3 is 2.53 bits per heavy atom. The molecule has 6 rings (SSSR count). The number of aryl methyl sites for hydroxylation is 2. The number of likely N-dealkylation sites (tertiary alicyclic amines) is 1. The molecule has 0 radical (unpaired) electrons. The normalized spacial score (nSPS) is 22.3. The molecule has 1 saturated carbocycles. The van der Waals surface area contributed by atoms with E-state index in [4.69, 9.17) is 9.72 Å². The summed E-state index contributed by atoms with van der Waals surface area (Å²) in [5.41, 5.74) is 5.80. The highest BCUT2D eigenvalue weighted by Gasteiger charge is 2.60. The van der Waals surface area contributed by atoms with E-state index in [0.717, 1.165) is 83.4 Å². The second-order valence-electron chi connectivity index (χ2n) is 10.9. The van der Waals surface area contributed by atoms with Gasteiger partial charge in [0.1, 0.15) is 12.4 Å². The number of aromatic nitrogens is 1. The van der Waals surface area contributed by atoms with Gasteiger partial charge in [-0.2, -0.15) is 0 Å². The van der Waals surface area contributed by atoms with E-state index in [2.05, 4.69) is 23.3 Å². The number of thiazole rings is 1. The Bertz CT molecular complexity index is 1370. The van der Waals surface area contributed by atoms with Crippen LogP contribution in [0.1, 0.15) is 46.3 Å². The fourth-order valence-corrected chi connectivity index (χ4v) is 6.82. The molecular formula is C30H33N3O4S. The third-order valence-corrected chi connectivity index (χ3v) is 9.17. The molecule has 2 atom stereocenters. The number of carboxylic acid groups (broad SMARTS) is 1. The Morgan fingerprint density at radius 2 is 1.82 bits per heavy atom. The summed E-state index contributed by atoms with van der Waals surface area (Å²) < 4.78 is 6.32. The molecule has 3 aliphatic rings. The molecular weight excluding hydrogens is 498 g/mol. The number of ether oxygens (including phenoxy) is 1. The lowest BCUT2D eigenvalue weighted by Crippen LogP contribution is -2.35. The predicted molar refractivity (Wildman–Crippen MR) is 148 cm³/mol. The highest BCUT2D eigenvalue weighted by molar-refractivity contribution is 7.14. The Balaban J connectivity index is 1.15. The maximum Gasteiger partial charge on any atom is 0.307 e. The smallest absolute Gasteiger partial charge is 0.307 e. The number of aliphatic carboxylic acids is 1. The molecule has 1 aliphatic carbocycles. The van der Waals surface area contributed by atoms with Crippen molar-refractivity contribution in [2.24, 2.45) is 17.8 Å². The lowest BCUT2D eigenvalue weighted by molar-refractivity contribution is -0.139. The third kappa shape index (κ3) is 4.77. The van der Waals surface area contributed by atoms with Crippen molar-refractivity contribution < 1.29 is 19.4 Å². The van der Waals surface area contributed by atoms with Crippen molar-refractivity contribution in [2.75, 3.05) is 31.1 Å². The van der Waals surface area contributed by atoms with Crippen LogP contribution in [0, 0.1) is 31.6 Å². The third-order valence-electron chi connectivity index (χ3n) is 8.27. The minimum Gasteiger partial charge on any atom is -0.488 e. The molecule has 8 heteroatoms. The van der Waals surface area contributed by atoms with Gasteiger partial charge in [0.25, 0.3) is 5.91 Å². The first-order chi connectivity index (χ1) is 18.4. The molecule has 0 bridgehead atoms. The van der Waals surface area contributed by atoms with Gasteiger partial charge >= 0.3 is 5.97 Å². The topological polar surface area (TPSA) is 83.0 Å². The highest BCUT2D eigenvalue weighted by atomic mass is 32.1. The zero-order valence-electron chi connectivity index (χ0n) is 21.9. The predicted octanol–water partition coefficient (Wildman–Crippen LogP) is 5.40. The molecule has 198 valence electrons. The average Bonchev–Trinajstić information content (AvgIpc) is 3.23. The van der Waals surface area contributed by atoms with Gasteiger partial charge < -0.3 is 19.6 Å². The number of anilines is 1. The van der Waals surface area contributed by atoms with Crippen molar-refractivity contribution in [3.05, 3.63) is 64.0 Å². The minimum atomic E-state index is -0.667. The Kier molecular flexibility index (Phi) is 6.60. The number of benzene rings is 2. The number of fused-ring (bicyclic) bond motifs is 1. The maximum absolute atomic E-state index is 12.9. The van der Waals surface area contributed by atoms with Crippen molar-refractivity contribution in [2.45, 2.75) is 39.7 Å². The molecule has 1 aromatic heterocycles. The van der Waals surface area contributed by atoms with E-state index in [1.54, 1.807) is 11.3 Å². The quantitative estimate of drug-likeness (QED) is 0.440. The molecule has 2 saturated heterocycles. The summed E-state index contributed by atoms with van der Waals surface area (Å²) >= 11 is 1.60. The summed E-state index contributed by atoms with van der Waals surface area (Å²) in [6, 6.07) is 12.0. The largest absolute Gasteiger partial charge is 0.488 e. The Labute approximate surface area is 227 Å². The highest BCUT2D eigenvalue weighted by Crippen LogP contribution is 2.53. The van der Waals surface area contributed by atoms with E-state index in [1.165, 1.54) is 6.42 Å². The summed E-state index contributed by atoms with van der Waals surface area (Å²) in [6.45, 7) is 7.72. The van der Waals surface area contributed by atoms with Crippen LogP contribution in [0.5, 0.6) is 5.75 Å². The lowest BCUT2D eigenvalue weighted by Gasteiger charge is -2.27. The van der Waals surface area contributed by atoms with Gasteiger partial charge in [0.15, 0.2) is 5.13 Å². The number of piperidine rings is 2. The fraction of sp³-hybridized carbons (Fsp3) is 0.433. The summed E-state index contributed by atoms with van der Waals surface area (Å²) in [7, 11) is 0. The van der Waals surface area contributed by atoms with Crippen LogP contribution in [0.3, 0.4) is 0 Å². The Hall–Kier alpha value is -3.39. The maximum atomic E-state index is 12.9. The van der Waals surface area contributed by atoms with E-state index in [1.807, 2.05) is 42.2 Å². The zero-order valence-corrected chi connectivity index (χ0v) is 22.7. The molecule has 3 fully saturated rings. The molecule has 2 unspecified atom stereocenters. The van der Waals surface area contributed by atoms with Gasteiger partial charge in [-0.3, -0.25) is 9.59 Å². The van der Waals surface area contributed by atoms with Crippen molar-refractivity contribution >= 4 is 28.3 Å². The first kappa shape index (κ1) is 24.9. The van der Waals surface area contributed by atoms with Crippen LogP contribution in [0.2, 0.25) is 0 Å². The molecule has 2 aliphatic heterocycles. The van der Waals surface area contributed by atoms with E-state index in [9.17, 15) is 14.7 Å². The number of hydrogen-bond donors (Lipinski definition) is 1. The van der Waals surface area contributed by atoms with Crippen LogP contribution in [-0.4, -0.2) is 53.0 Å². The second-order valence-corrected chi connectivity index (χ2v) is 11.7. The van der Waals surface area contributed by atoms with Crippen LogP contribution < -0.4 is 9.64 Å². The van der Waals surface area contributed by atoms with Gasteiger partial charge in [-0.1, -0.05) is 17.7 Å². The van der Waals surface area contributed by atoms with Crippen molar-refractivity contribution in [3.8, 4) is 17.0 Å². The second kappa shape index (κ2) is 10.1. The van der Waals surface area contributed by atoms with E-state index >= 15 is 0 Å². The summed E-state index contributed by atoms with van der Waals surface area (Å²) in [5.74, 6) is 0.553. The molecule has 2 aromatic carbocycles. The molecule has 1 N–H and O–H groups in total. The molecule has 0 spiro atoms. The Morgan fingerprint density at radius 1 is 1.05 bits per heavy atom. The van der Waals surface area contributed by atoms with Crippen molar-refractivity contribution in [3.63, 3.8) is 0 Å². The summed E-state index contributed by atoms with van der Waals surface area (Å²) in [4.78, 5) is 33.3. The summed E-state index contributed by atoms with van der Waals surface area (Å²) in [5, 5.41) is 12.3. The molecule has 38 heavy (non-hydrogen) atoms. The van der Waals surface area contributed by atoms with Gasteiger partial charge in [-0.15, -0.1) is 11.3 Å². The molecule has 1 amide bonds. The van der Waals surface area contributed by atoms with E-state index < -0.39 is 5.97 Å². The van der Waals surface area contributed by atoms with Gasteiger partial charge in [-0.25, -0.2) is 4.98 Å². The van der Waals surface area contributed by atoms with Crippen LogP contribution in [0.25, 0.3) is 11.3 Å². The van der Waals surface area contributed by atoms with Crippen molar-refractivity contribution in [1.29, 1.82) is 0 Å². The lowest BCUT2D eigenvalue weighted by atomic mass is 10.0. The van der Waals surface area contributed by atoms with Gasteiger partial charge in [0.2, 0.25) is 0 Å². The SMILES string of the molecule is Cc1ccc(OCc2ccc(C(=O)N3CCCCC3)cc2C)c(-c2csc(N3CC4C(C3)C4C(=O)O)n2)c1. The number of hydrogen-bond acceptors (Lipinski definition) is 6. The van der Waals surface area contributed by atoms with Crippen LogP contribution in [-0.2, 0) is 11.4 Å². The molecule has 3 aromatic rings. The fourth-order valence-electron chi connectivity index (χ4n) is 5.98. The first-order valence-electron chi connectivity index (χ1n) is 13.4. The number of amides is 1. The van der Waals surface area contributed by atoms with Gasteiger partial charge in [0.05, 0.1) is 11.6 Å². The number of carbonyl (C=O) groups is 2. The average molecular weight is 532 g/mol. The number of carboxylic acids is 1. The van der Waals surface area contributed by atoms with Crippen LogP contribution in [0.4, 0.5) is 5.13 Å². The number of carbonyl (C=O) groups excluding carboxylic acids is 1. The van der Waals surface area contributed by atoms with Crippen molar-refractivity contribution in [1.82, 2.24) is 9.88 Å². The van der Waals surface area contributed by atoms with E-state index in [-0.39, 0.29) is 23.7 Å².